The van der Waals surface area contributed by atoms with Crippen molar-refractivity contribution in [2.24, 2.45) is 0 Å². The molecule has 142 valence electrons. The monoisotopic (exact) mass is 408 g/mol. The smallest absolute Gasteiger partial charge is 0.252 e. The number of sulfonamides is 1. The van der Waals surface area contributed by atoms with E-state index in [0.717, 1.165) is 17.0 Å². The van der Waals surface area contributed by atoms with Crippen LogP contribution in [0.15, 0.2) is 44.4 Å². The topological polar surface area (TPSA) is 79.5 Å². The average molecular weight is 408 g/mol. The third kappa shape index (κ3) is 3.60. The van der Waals surface area contributed by atoms with Crippen molar-refractivity contribution in [3.05, 3.63) is 47.4 Å². The molecule has 1 aliphatic rings. The summed E-state index contributed by atoms with van der Waals surface area (Å²) in [6.07, 6.45) is 0. The maximum atomic E-state index is 13.1. The van der Waals surface area contributed by atoms with Crippen molar-refractivity contribution < 1.29 is 17.3 Å². The number of hydrogen-bond acceptors (Lipinski definition) is 7. The molecule has 1 fully saturated rings. The van der Waals surface area contributed by atoms with Crippen LogP contribution in [-0.2, 0) is 10.0 Å². The Balaban J connectivity index is 1.47. The van der Waals surface area contributed by atoms with Crippen LogP contribution >= 0.6 is 11.3 Å². The highest BCUT2D eigenvalue weighted by molar-refractivity contribution is 7.91. The lowest BCUT2D eigenvalue weighted by atomic mass is 10.2. The van der Waals surface area contributed by atoms with Gasteiger partial charge >= 0.3 is 0 Å². The molecule has 0 spiro atoms. The number of anilines is 1. The van der Waals surface area contributed by atoms with Gasteiger partial charge < -0.3 is 9.42 Å². The van der Waals surface area contributed by atoms with Crippen LogP contribution < -0.4 is 4.90 Å². The van der Waals surface area contributed by atoms with Crippen LogP contribution in [-0.4, -0.2) is 49.0 Å². The van der Waals surface area contributed by atoms with Gasteiger partial charge in [0.2, 0.25) is 11.7 Å². The molecule has 0 amide bonds. The summed E-state index contributed by atoms with van der Waals surface area (Å²) in [6, 6.07) is 7.81. The Bertz CT molecular complexity index is 1040. The number of halogens is 1. The Hall–Kier alpha value is -2.30. The minimum Gasteiger partial charge on any atom is -0.369 e. The van der Waals surface area contributed by atoms with E-state index in [2.05, 4.69) is 10.1 Å². The summed E-state index contributed by atoms with van der Waals surface area (Å²) in [5, 5.41) is 5.54. The molecular formula is C17H17FN4O3S2. The van der Waals surface area contributed by atoms with E-state index in [1.54, 1.807) is 30.5 Å². The molecule has 0 aliphatic carbocycles. The van der Waals surface area contributed by atoms with Crippen molar-refractivity contribution in [1.82, 2.24) is 14.4 Å². The van der Waals surface area contributed by atoms with Crippen molar-refractivity contribution in [2.75, 3.05) is 31.1 Å². The van der Waals surface area contributed by atoms with Crippen LogP contribution in [0.1, 0.15) is 5.89 Å². The van der Waals surface area contributed by atoms with Crippen LogP contribution in [0.25, 0.3) is 11.4 Å². The zero-order valence-corrected chi connectivity index (χ0v) is 16.1. The Labute approximate surface area is 160 Å². The van der Waals surface area contributed by atoms with Gasteiger partial charge in [0.05, 0.1) is 0 Å². The summed E-state index contributed by atoms with van der Waals surface area (Å²) in [7, 11) is -3.58. The summed E-state index contributed by atoms with van der Waals surface area (Å²) >= 11 is 1.15. The van der Waals surface area contributed by atoms with E-state index < -0.39 is 10.0 Å². The molecular weight excluding hydrogens is 391 g/mol. The van der Waals surface area contributed by atoms with E-state index in [1.165, 1.54) is 16.4 Å². The first-order valence-electron chi connectivity index (χ1n) is 8.33. The molecule has 0 saturated carbocycles. The van der Waals surface area contributed by atoms with Gasteiger partial charge in [0.15, 0.2) is 0 Å². The predicted octanol–water partition coefficient (Wildman–Crippen LogP) is 2.76. The molecule has 1 aliphatic heterocycles. The summed E-state index contributed by atoms with van der Waals surface area (Å²) in [5.74, 6) is 0.522. The van der Waals surface area contributed by atoms with Crippen LogP contribution in [0.3, 0.4) is 0 Å². The lowest BCUT2D eigenvalue weighted by Crippen LogP contribution is -2.48. The van der Waals surface area contributed by atoms with Gasteiger partial charge in [-0.1, -0.05) is 5.16 Å². The maximum absolute atomic E-state index is 13.1. The second kappa shape index (κ2) is 7.02. The Kier molecular flexibility index (Phi) is 4.70. The number of aromatic nitrogens is 2. The lowest BCUT2D eigenvalue weighted by Gasteiger charge is -2.35. The number of piperazine rings is 1. The van der Waals surface area contributed by atoms with Crippen LogP contribution in [0.5, 0.6) is 0 Å². The van der Waals surface area contributed by atoms with Crippen LogP contribution in [0.4, 0.5) is 10.1 Å². The first kappa shape index (κ1) is 18.1. The highest BCUT2D eigenvalue weighted by atomic mass is 32.2. The number of aryl methyl sites for hydroxylation is 1. The SMILES string of the molecule is Cc1nc(-c2csc(S(=O)(=O)N3CCN(c4ccc(F)cc4)CC3)c2)no1. The lowest BCUT2D eigenvalue weighted by molar-refractivity contribution is 0.386. The normalized spacial score (nSPS) is 16.0. The second-order valence-corrected chi connectivity index (χ2v) is 9.23. The van der Waals surface area contributed by atoms with Gasteiger partial charge in [0.1, 0.15) is 10.0 Å². The number of benzene rings is 1. The number of hydrogen-bond donors (Lipinski definition) is 0. The van der Waals surface area contributed by atoms with Gasteiger partial charge in [-0.25, -0.2) is 12.8 Å². The molecule has 0 atom stereocenters. The molecule has 4 rings (SSSR count). The molecule has 3 heterocycles. The first-order chi connectivity index (χ1) is 12.9. The van der Waals surface area contributed by atoms with E-state index in [0.29, 0.717) is 43.5 Å². The quantitative estimate of drug-likeness (QED) is 0.661. The second-order valence-electron chi connectivity index (χ2n) is 6.16. The fraction of sp³-hybridized carbons (Fsp3) is 0.294. The third-order valence-corrected chi connectivity index (χ3v) is 7.70. The molecule has 1 aromatic carbocycles. The minimum atomic E-state index is -3.58. The Morgan fingerprint density at radius 1 is 1.15 bits per heavy atom. The van der Waals surface area contributed by atoms with Crippen molar-refractivity contribution in [3.63, 3.8) is 0 Å². The van der Waals surface area contributed by atoms with Crippen LogP contribution in [0, 0.1) is 12.7 Å². The molecule has 0 unspecified atom stereocenters. The molecule has 0 radical (unpaired) electrons. The van der Waals surface area contributed by atoms with E-state index in [4.69, 9.17) is 4.52 Å². The van der Waals surface area contributed by atoms with E-state index in [-0.39, 0.29) is 10.0 Å². The van der Waals surface area contributed by atoms with Crippen molar-refractivity contribution in [1.29, 1.82) is 0 Å². The molecule has 10 heteroatoms. The van der Waals surface area contributed by atoms with Crippen molar-refractivity contribution in [3.8, 4) is 11.4 Å². The molecule has 0 bridgehead atoms. The molecule has 2 aromatic heterocycles. The van der Waals surface area contributed by atoms with Gasteiger partial charge in [-0.3, -0.25) is 0 Å². The molecule has 0 N–H and O–H groups in total. The summed E-state index contributed by atoms with van der Waals surface area (Å²) in [4.78, 5) is 6.17. The van der Waals surface area contributed by atoms with E-state index in [1.807, 2.05) is 4.90 Å². The predicted molar refractivity (Wildman–Crippen MR) is 99.7 cm³/mol. The molecule has 7 nitrogen and oxygen atoms in total. The average Bonchev–Trinajstić information content (AvgIpc) is 3.32. The van der Waals surface area contributed by atoms with Gasteiger partial charge in [-0.15, -0.1) is 11.3 Å². The summed E-state index contributed by atoms with van der Waals surface area (Å²) in [5.41, 5.74) is 1.51. The van der Waals surface area contributed by atoms with Gasteiger partial charge in [-0.05, 0) is 30.3 Å². The molecule has 1 saturated heterocycles. The number of rotatable bonds is 4. The number of thiophene rings is 1. The van der Waals surface area contributed by atoms with Gasteiger partial charge in [0.25, 0.3) is 10.0 Å². The summed E-state index contributed by atoms with van der Waals surface area (Å²) < 4.78 is 45.6. The van der Waals surface area contributed by atoms with Crippen LogP contribution in [0.2, 0.25) is 0 Å². The van der Waals surface area contributed by atoms with E-state index >= 15 is 0 Å². The van der Waals surface area contributed by atoms with Crippen molar-refractivity contribution >= 4 is 27.0 Å². The third-order valence-electron chi connectivity index (χ3n) is 4.39. The van der Waals surface area contributed by atoms with Gasteiger partial charge in [0, 0.05) is 49.7 Å². The largest absolute Gasteiger partial charge is 0.369 e. The van der Waals surface area contributed by atoms with Gasteiger partial charge in [-0.2, -0.15) is 9.29 Å². The Morgan fingerprint density at radius 3 is 2.48 bits per heavy atom. The highest BCUT2D eigenvalue weighted by Gasteiger charge is 2.30. The minimum absolute atomic E-state index is 0.259. The Morgan fingerprint density at radius 2 is 1.85 bits per heavy atom. The zero-order valence-electron chi connectivity index (χ0n) is 14.5. The fourth-order valence-corrected chi connectivity index (χ4v) is 5.68. The highest BCUT2D eigenvalue weighted by Crippen LogP contribution is 2.30. The fourth-order valence-electron chi connectivity index (χ4n) is 2.95. The summed E-state index contributed by atoms with van der Waals surface area (Å²) in [6.45, 7) is 3.52. The number of nitrogens with zero attached hydrogens (tertiary/aromatic N) is 4. The maximum Gasteiger partial charge on any atom is 0.252 e. The van der Waals surface area contributed by atoms with Crippen molar-refractivity contribution in [2.45, 2.75) is 11.1 Å². The molecule has 27 heavy (non-hydrogen) atoms. The standard InChI is InChI=1S/C17H17FN4O3S2/c1-12-19-17(20-25-12)13-10-16(26-11-13)27(23,24)22-8-6-21(7-9-22)15-4-2-14(18)3-5-15/h2-5,10-11H,6-9H2,1H3. The zero-order chi connectivity index (χ0) is 19.0. The first-order valence-corrected chi connectivity index (χ1v) is 10.7. The molecule has 3 aromatic rings. The van der Waals surface area contributed by atoms with E-state index in [9.17, 15) is 12.8 Å².